The molecule has 1 aliphatic carbocycles. The zero-order chi connectivity index (χ0) is 12.5. The molecule has 1 saturated carbocycles. The van der Waals surface area contributed by atoms with Crippen molar-refractivity contribution in [1.29, 1.82) is 0 Å². The first-order valence-corrected chi connectivity index (χ1v) is 6.43. The highest BCUT2D eigenvalue weighted by Crippen LogP contribution is 2.25. The number of rotatable bonds is 2. The summed E-state index contributed by atoms with van der Waals surface area (Å²) in [5.41, 5.74) is 0.600. The molecule has 0 spiro atoms. The first kappa shape index (κ1) is 11.7. The molecule has 2 aromatic heterocycles. The molecule has 3 rings (SSSR count). The van der Waals surface area contributed by atoms with E-state index in [0.29, 0.717) is 11.5 Å². The van der Waals surface area contributed by atoms with Gasteiger partial charge in [0, 0.05) is 0 Å². The summed E-state index contributed by atoms with van der Waals surface area (Å²) < 4.78 is 0. The van der Waals surface area contributed by atoms with Crippen molar-refractivity contribution in [2.75, 3.05) is 5.32 Å². The smallest absolute Gasteiger partial charge is 0.226 e. The molecule has 0 saturated heterocycles. The molecular formula is C11H14ClN5O. The number of halogens is 1. The van der Waals surface area contributed by atoms with Crippen molar-refractivity contribution >= 4 is 28.5 Å². The Morgan fingerprint density at radius 2 is 2.17 bits per heavy atom. The molecule has 1 fully saturated rings. The van der Waals surface area contributed by atoms with Gasteiger partial charge in [0.2, 0.25) is 5.28 Å². The summed E-state index contributed by atoms with van der Waals surface area (Å²) in [6.45, 7) is 0. The van der Waals surface area contributed by atoms with Crippen LogP contribution in [0, 0.1) is 0 Å². The van der Waals surface area contributed by atoms with Gasteiger partial charge < -0.3 is 10.4 Å². The normalized spacial score (nSPS) is 24.3. The Balaban J connectivity index is 1.91. The van der Waals surface area contributed by atoms with Gasteiger partial charge in [0.1, 0.15) is 5.82 Å². The lowest BCUT2D eigenvalue weighted by atomic mass is 9.92. The number of aliphatic hydroxyl groups excluding tert-OH is 1. The Labute approximate surface area is 109 Å². The second-order valence-corrected chi connectivity index (χ2v) is 4.91. The average Bonchev–Trinajstić information content (AvgIpc) is 2.80. The molecule has 2 unspecified atom stereocenters. The summed E-state index contributed by atoms with van der Waals surface area (Å²) in [6, 6.07) is 0.0165. The van der Waals surface area contributed by atoms with Crippen LogP contribution in [0.25, 0.3) is 11.0 Å². The van der Waals surface area contributed by atoms with Gasteiger partial charge in [-0.05, 0) is 24.4 Å². The second kappa shape index (κ2) is 4.70. The van der Waals surface area contributed by atoms with Crippen LogP contribution in [0.2, 0.25) is 5.28 Å². The monoisotopic (exact) mass is 267 g/mol. The first-order chi connectivity index (χ1) is 8.74. The van der Waals surface area contributed by atoms with Crippen LogP contribution in [0.1, 0.15) is 25.7 Å². The molecule has 0 bridgehead atoms. The highest BCUT2D eigenvalue weighted by atomic mass is 35.5. The summed E-state index contributed by atoms with van der Waals surface area (Å²) in [5, 5.41) is 20.9. The van der Waals surface area contributed by atoms with Gasteiger partial charge in [-0.2, -0.15) is 15.1 Å². The Bertz CT molecular complexity index is 557. The van der Waals surface area contributed by atoms with E-state index in [1.54, 1.807) is 6.20 Å². The van der Waals surface area contributed by atoms with E-state index in [2.05, 4.69) is 25.5 Å². The maximum atomic E-state index is 9.96. The van der Waals surface area contributed by atoms with Crippen LogP contribution in [0.15, 0.2) is 6.20 Å². The molecule has 18 heavy (non-hydrogen) atoms. The largest absolute Gasteiger partial charge is 0.391 e. The minimum absolute atomic E-state index is 0.0165. The summed E-state index contributed by atoms with van der Waals surface area (Å²) in [7, 11) is 0. The standard InChI is InChI=1S/C11H14ClN5O/c12-11-15-9(6-5-13-17-10(6)16-11)14-7-3-1-2-4-8(7)18/h5,7-8,18H,1-4H2,(H2,13,14,15,16,17). The van der Waals surface area contributed by atoms with E-state index in [-0.39, 0.29) is 17.4 Å². The number of nitrogens with zero attached hydrogens (tertiary/aromatic N) is 3. The van der Waals surface area contributed by atoms with Crippen LogP contribution in [-0.2, 0) is 0 Å². The molecular weight excluding hydrogens is 254 g/mol. The fraction of sp³-hybridized carbons (Fsp3) is 0.545. The van der Waals surface area contributed by atoms with Crippen molar-refractivity contribution < 1.29 is 5.11 Å². The van der Waals surface area contributed by atoms with E-state index in [1.807, 2.05) is 0 Å². The Kier molecular flexibility index (Phi) is 3.05. The van der Waals surface area contributed by atoms with E-state index < -0.39 is 0 Å². The van der Waals surface area contributed by atoms with Gasteiger partial charge in [0.15, 0.2) is 5.65 Å². The predicted octanol–water partition coefficient (Wildman–Crippen LogP) is 1.72. The van der Waals surface area contributed by atoms with Crippen molar-refractivity contribution in [3.63, 3.8) is 0 Å². The number of anilines is 1. The van der Waals surface area contributed by atoms with Gasteiger partial charge in [-0.1, -0.05) is 12.8 Å². The van der Waals surface area contributed by atoms with E-state index >= 15 is 0 Å². The minimum atomic E-state index is -0.338. The van der Waals surface area contributed by atoms with Gasteiger partial charge in [-0.3, -0.25) is 5.10 Å². The van der Waals surface area contributed by atoms with Crippen molar-refractivity contribution in [2.45, 2.75) is 37.8 Å². The van der Waals surface area contributed by atoms with Crippen molar-refractivity contribution in [1.82, 2.24) is 20.2 Å². The summed E-state index contributed by atoms with van der Waals surface area (Å²) in [5.74, 6) is 0.629. The summed E-state index contributed by atoms with van der Waals surface area (Å²) in [4.78, 5) is 8.22. The lowest BCUT2D eigenvalue weighted by Crippen LogP contribution is -2.36. The van der Waals surface area contributed by atoms with Gasteiger partial charge in [-0.25, -0.2) is 0 Å². The number of hydrogen-bond donors (Lipinski definition) is 3. The number of aliphatic hydroxyl groups is 1. The fourth-order valence-corrected chi connectivity index (χ4v) is 2.54. The number of aromatic nitrogens is 4. The maximum absolute atomic E-state index is 9.96. The Morgan fingerprint density at radius 3 is 3.00 bits per heavy atom. The van der Waals surface area contributed by atoms with Crippen LogP contribution < -0.4 is 5.32 Å². The molecule has 2 atom stereocenters. The van der Waals surface area contributed by atoms with Crippen LogP contribution in [0.3, 0.4) is 0 Å². The molecule has 0 aliphatic heterocycles. The highest BCUT2D eigenvalue weighted by molar-refractivity contribution is 6.28. The topological polar surface area (TPSA) is 86.7 Å². The third-order valence-corrected chi connectivity index (χ3v) is 3.50. The quantitative estimate of drug-likeness (QED) is 0.721. The van der Waals surface area contributed by atoms with Gasteiger partial charge in [0.05, 0.1) is 23.7 Å². The van der Waals surface area contributed by atoms with E-state index in [0.717, 1.165) is 31.1 Å². The van der Waals surface area contributed by atoms with Crippen LogP contribution in [-0.4, -0.2) is 37.4 Å². The maximum Gasteiger partial charge on any atom is 0.226 e. The lowest BCUT2D eigenvalue weighted by molar-refractivity contribution is 0.116. The third-order valence-electron chi connectivity index (χ3n) is 3.33. The number of aromatic amines is 1. The molecule has 1 aliphatic rings. The van der Waals surface area contributed by atoms with E-state index in [4.69, 9.17) is 11.6 Å². The predicted molar refractivity (Wildman–Crippen MR) is 68.6 cm³/mol. The average molecular weight is 268 g/mol. The van der Waals surface area contributed by atoms with E-state index in [1.165, 1.54) is 0 Å². The number of H-pyrrole nitrogens is 1. The zero-order valence-electron chi connectivity index (χ0n) is 9.73. The van der Waals surface area contributed by atoms with Gasteiger partial charge >= 0.3 is 0 Å². The van der Waals surface area contributed by atoms with Crippen molar-refractivity contribution in [2.24, 2.45) is 0 Å². The van der Waals surface area contributed by atoms with Gasteiger partial charge in [0.25, 0.3) is 0 Å². The first-order valence-electron chi connectivity index (χ1n) is 6.05. The number of hydrogen-bond acceptors (Lipinski definition) is 5. The minimum Gasteiger partial charge on any atom is -0.391 e. The molecule has 2 aromatic rings. The second-order valence-electron chi connectivity index (χ2n) is 4.58. The molecule has 96 valence electrons. The summed E-state index contributed by atoms with van der Waals surface area (Å²) in [6.07, 6.45) is 5.26. The van der Waals surface area contributed by atoms with Crippen LogP contribution >= 0.6 is 11.6 Å². The van der Waals surface area contributed by atoms with E-state index in [9.17, 15) is 5.11 Å². The van der Waals surface area contributed by atoms with Gasteiger partial charge in [-0.15, -0.1) is 0 Å². The molecule has 3 N–H and O–H groups in total. The molecule has 0 radical (unpaired) electrons. The highest BCUT2D eigenvalue weighted by Gasteiger charge is 2.24. The Hall–Kier alpha value is -1.40. The van der Waals surface area contributed by atoms with Crippen molar-refractivity contribution in [3.8, 4) is 0 Å². The zero-order valence-corrected chi connectivity index (χ0v) is 10.5. The molecule has 0 amide bonds. The third kappa shape index (κ3) is 2.13. The lowest BCUT2D eigenvalue weighted by Gasteiger charge is -2.28. The fourth-order valence-electron chi connectivity index (χ4n) is 2.37. The summed E-state index contributed by atoms with van der Waals surface area (Å²) >= 11 is 5.86. The SMILES string of the molecule is OC1CCCCC1Nc1nc(Cl)nc2[nH]ncc12. The molecule has 7 heteroatoms. The molecule has 0 aromatic carbocycles. The number of fused-ring (bicyclic) bond motifs is 1. The van der Waals surface area contributed by atoms with Crippen molar-refractivity contribution in [3.05, 3.63) is 11.5 Å². The van der Waals surface area contributed by atoms with Crippen LogP contribution in [0.4, 0.5) is 5.82 Å². The van der Waals surface area contributed by atoms with Crippen LogP contribution in [0.5, 0.6) is 0 Å². The molecule has 6 nitrogen and oxygen atoms in total. The number of nitrogens with one attached hydrogen (secondary N) is 2. The molecule has 2 heterocycles. The Morgan fingerprint density at radius 1 is 1.33 bits per heavy atom.